The van der Waals surface area contributed by atoms with Gasteiger partial charge in [0.1, 0.15) is 5.82 Å². The van der Waals surface area contributed by atoms with Crippen LogP contribution >= 0.6 is 0 Å². The SMILES string of the molecule is C=C/C(=C\C=C(\C)Cc1ccccc1C)c1ccc2c(c1)c1ccccc1n2-c1nc(-c2cccc(-c3ccccc3)c2)nc(-c2ccccc2C)c1C. The minimum absolute atomic E-state index is 0.693. The molecule has 0 fully saturated rings. The molecule has 2 heterocycles. The van der Waals surface area contributed by atoms with Crippen LogP contribution in [0.1, 0.15) is 34.7 Å². The molecule has 8 aromatic rings. The molecule has 0 atom stereocenters. The van der Waals surface area contributed by atoms with Crippen molar-refractivity contribution < 1.29 is 0 Å². The Labute approximate surface area is 318 Å². The van der Waals surface area contributed by atoms with Crippen molar-refractivity contribution in [3.05, 3.63) is 204 Å². The Morgan fingerprint density at radius 1 is 0.611 bits per heavy atom. The summed E-state index contributed by atoms with van der Waals surface area (Å²) in [5.74, 6) is 1.57. The highest BCUT2D eigenvalue weighted by Gasteiger charge is 2.21. The predicted molar refractivity (Wildman–Crippen MR) is 229 cm³/mol. The van der Waals surface area contributed by atoms with E-state index in [1.54, 1.807) is 0 Å². The molecule has 0 saturated heterocycles. The van der Waals surface area contributed by atoms with Crippen LogP contribution in [0.15, 0.2) is 176 Å². The number of fused-ring (bicyclic) bond motifs is 3. The normalized spacial score (nSPS) is 12.1. The van der Waals surface area contributed by atoms with E-state index < -0.39 is 0 Å². The van der Waals surface area contributed by atoms with E-state index in [-0.39, 0.29) is 0 Å². The highest BCUT2D eigenvalue weighted by molar-refractivity contribution is 6.10. The van der Waals surface area contributed by atoms with E-state index in [1.807, 2.05) is 12.1 Å². The molecule has 0 N–H and O–H groups in total. The molecule has 0 saturated carbocycles. The third-order valence-corrected chi connectivity index (χ3v) is 10.5. The number of benzene rings is 6. The first-order valence-corrected chi connectivity index (χ1v) is 18.6. The Balaban J connectivity index is 1.29. The fraction of sp³-hybridized carbons (Fsp3) is 0.0980. The molecule has 0 aliphatic carbocycles. The molecule has 0 aliphatic heterocycles. The van der Waals surface area contributed by atoms with Crippen molar-refractivity contribution in [3.8, 4) is 39.6 Å². The molecule has 2 aromatic heterocycles. The lowest BCUT2D eigenvalue weighted by Gasteiger charge is -2.17. The summed E-state index contributed by atoms with van der Waals surface area (Å²) in [6.45, 7) is 12.9. The van der Waals surface area contributed by atoms with Crippen LogP contribution in [0.25, 0.3) is 67.0 Å². The number of hydrogen-bond donors (Lipinski definition) is 0. The summed E-state index contributed by atoms with van der Waals surface area (Å²) in [5.41, 5.74) is 15.9. The molecular weight excluding hydrogens is 655 g/mol. The maximum absolute atomic E-state index is 5.42. The predicted octanol–water partition coefficient (Wildman–Crippen LogP) is 13.3. The molecule has 0 bridgehead atoms. The second-order valence-electron chi connectivity index (χ2n) is 14.1. The summed E-state index contributed by atoms with van der Waals surface area (Å²) >= 11 is 0. The topological polar surface area (TPSA) is 30.7 Å². The smallest absolute Gasteiger partial charge is 0.162 e. The van der Waals surface area contributed by atoms with Gasteiger partial charge in [0.15, 0.2) is 5.82 Å². The molecule has 8 rings (SSSR count). The van der Waals surface area contributed by atoms with Crippen molar-refractivity contribution in [1.29, 1.82) is 0 Å². The Kier molecular flexibility index (Phi) is 9.46. The van der Waals surface area contributed by atoms with Crippen molar-refractivity contribution >= 4 is 27.4 Å². The van der Waals surface area contributed by atoms with Gasteiger partial charge in [0, 0.05) is 27.5 Å². The largest absolute Gasteiger partial charge is 0.293 e. The quantitative estimate of drug-likeness (QED) is 0.141. The number of aryl methyl sites for hydroxylation is 2. The minimum Gasteiger partial charge on any atom is -0.293 e. The molecule has 0 unspecified atom stereocenters. The van der Waals surface area contributed by atoms with Crippen molar-refractivity contribution in [2.24, 2.45) is 0 Å². The molecule has 262 valence electrons. The van der Waals surface area contributed by atoms with Gasteiger partial charge >= 0.3 is 0 Å². The Hall–Kier alpha value is -6.58. The van der Waals surface area contributed by atoms with Crippen LogP contribution in [-0.4, -0.2) is 14.5 Å². The summed E-state index contributed by atoms with van der Waals surface area (Å²) in [7, 11) is 0. The van der Waals surface area contributed by atoms with Gasteiger partial charge in [0.2, 0.25) is 0 Å². The fourth-order valence-electron chi connectivity index (χ4n) is 7.48. The standard InChI is InChI=1S/C51H43N3/c1-6-38(28-27-34(2)31-40-21-12-10-17-35(40)3)42-29-30-48-46(33-42)45-25-14-15-26-47(45)54(48)51-37(5)49(44-24-13-11-18-36(44)4)52-50(53-51)43-23-16-22-41(32-43)39-19-8-7-9-20-39/h6-30,32-33H,1,31H2,2-5H3/b34-27-,38-28+. The molecule has 0 aliphatic rings. The molecule has 0 amide bonds. The van der Waals surface area contributed by atoms with Gasteiger partial charge in [-0.3, -0.25) is 4.57 Å². The Morgan fingerprint density at radius 3 is 2.09 bits per heavy atom. The van der Waals surface area contributed by atoms with E-state index in [2.05, 4.69) is 191 Å². The number of rotatable bonds is 9. The summed E-state index contributed by atoms with van der Waals surface area (Å²) < 4.78 is 2.32. The average molecular weight is 698 g/mol. The summed E-state index contributed by atoms with van der Waals surface area (Å²) in [4.78, 5) is 10.7. The first kappa shape index (κ1) is 34.5. The number of aromatic nitrogens is 3. The number of nitrogens with zero attached hydrogens (tertiary/aromatic N) is 3. The van der Waals surface area contributed by atoms with Crippen LogP contribution < -0.4 is 0 Å². The van der Waals surface area contributed by atoms with Crippen LogP contribution in [0.2, 0.25) is 0 Å². The van der Waals surface area contributed by atoms with Crippen molar-refractivity contribution in [1.82, 2.24) is 14.5 Å². The van der Waals surface area contributed by atoms with E-state index in [0.29, 0.717) is 5.82 Å². The number of hydrogen-bond acceptors (Lipinski definition) is 2. The summed E-state index contributed by atoms with van der Waals surface area (Å²) in [6, 6.07) is 51.5. The highest BCUT2D eigenvalue weighted by atomic mass is 15.1. The molecule has 54 heavy (non-hydrogen) atoms. The lowest BCUT2D eigenvalue weighted by molar-refractivity contribution is 1.02. The highest BCUT2D eigenvalue weighted by Crippen LogP contribution is 2.38. The minimum atomic E-state index is 0.693. The molecular formula is C51H43N3. The van der Waals surface area contributed by atoms with Crippen LogP contribution in [0.3, 0.4) is 0 Å². The van der Waals surface area contributed by atoms with E-state index >= 15 is 0 Å². The van der Waals surface area contributed by atoms with Crippen LogP contribution in [0.4, 0.5) is 0 Å². The number of allylic oxidation sites excluding steroid dienone is 5. The number of para-hydroxylation sites is 1. The molecule has 6 aromatic carbocycles. The van der Waals surface area contributed by atoms with E-state index in [4.69, 9.17) is 9.97 Å². The maximum Gasteiger partial charge on any atom is 0.162 e. The first-order chi connectivity index (χ1) is 26.4. The van der Waals surface area contributed by atoms with Crippen molar-refractivity contribution in [2.75, 3.05) is 0 Å². The van der Waals surface area contributed by atoms with Crippen molar-refractivity contribution in [3.63, 3.8) is 0 Å². The third-order valence-electron chi connectivity index (χ3n) is 10.5. The van der Waals surface area contributed by atoms with Crippen LogP contribution in [0, 0.1) is 20.8 Å². The van der Waals surface area contributed by atoms with E-state index in [9.17, 15) is 0 Å². The van der Waals surface area contributed by atoms with E-state index in [0.717, 1.165) is 67.9 Å². The van der Waals surface area contributed by atoms with E-state index in [1.165, 1.54) is 33.0 Å². The van der Waals surface area contributed by atoms with Gasteiger partial charge in [-0.25, -0.2) is 9.97 Å². The monoisotopic (exact) mass is 697 g/mol. The lowest BCUT2D eigenvalue weighted by atomic mass is 9.99. The van der Waals surface area contributed by atoms with Gasteiger partial charge in [-0.15, -0.1) is 0 Å². The van der Waals surface area contributed by atoms with Gasteiger partial charge < -0.3 is 0 Å². The van der Waals surface area contributed by atoms with Gasteiger partial charge in [-0.1, -0.05) is 152 Å². The zero-order valence-corrected chi connectivity index (χ0v) is 31.3. The zero-order valence-electron chi connectivity index (χ0n) is 31.3. The zero-order chi connectivity index (χ0) is 37.2. The van der Waals surface area contributed by atoms with Crippen molar-refractivity contribution in [2.45, 2.75) is 34.1 Å². The average Bonchev–Trinajstić information content (AvgIpc) is 3.53. The Morgan fingerprint density at radius 2 is 1.30 bits per heavy atom. The molecule has 0 radical (unpaired) electrons. The molecule has 0 spiro atoms. The summed E-state index contributed by atoms with van der Waals surface area (Å²) in [5, 5.41) is 2.34. The third kappa shape index (κ3) is 6.61. The van der Waals surface area contributed by atoms with Gasteiger partial charge in [-0.05, 0) is 97.3 Å². The second-order valence-corrected chi connectivity index (χ2v) is 14.1. The maximum atomic E-state index is 5.42. The lowest BCUT2D eigenvalue weighted by Crippen LogP contribution is -2.07. The van der Waals surface area contributed by atoms with Gasteiger partial charge in [-0.2, -0.15) is 0 Å². The fourth-order valence-corrected chi connectivity index (χ4v) is 7.48. The van der Waals surface area contributed by atoms with Gasteiger partial charge in [0.25, 0.3) is 0 Å². The Bertz CT molecular complexity index is 2740. The summed E-state index contributed by atoms with van der Waals surface area (Å²) in [6.07, 6.45) is 7.29. The molecule has 3 heteroatoms. The molecule has 3 nitrogen and oxygen atoms in total. The van der Waals surface area contributed by atoms with Gasteiger partial charge in [0.05, 0.1) is 16.7 Å². The second kappa shape index (κ2) is 14.8. The van der Waals surface area contributed by atoms with Crippen LogP contribution in [-0.2, 0) is 6.42 Å². The first-order valence-electron chi connectivity index (χ1n) is 18.6. The van der Waals surface area contributed by atoms with Crippen LogP contribution in [0.5, 0.6) is 0 Å².